The number of carbonyl (C=O) groups excluding carboxylic acids is 1. The number of nitrogens with two attached hydrogens (primary N) is 1. The van der Waals surface area contributed by atoms with E-state index in [0.717, 1.165) is 32.1 Å². The van der Waals surface area contributed by atoms with Gasteiger partial charge in [-0.3, -0.25) is 4.79 Å². The number of hydrogen-bond donors (Lipinski definition) is 3. The SMILES string of the molecule is NC1CCC(NC(=O)CCc2cc[nH]c2)CC1. The fourth-order valence-corrected chi connectivity index (χ4v) is 2.34. The lowest BCUT2D eigenvalue weighted by molar-refractivity contribution is -0.122. The van der Waals surface area contributed by atoms with E-state index in [4.69, 9.17) is 5.73 Å². The van der Waals surface area contributed by atoms with Crippen molar-refractivity contribution in [3.05, 3.63) is 24.0 Å². The minimum absolute atomic E-state index is 0.159. The monoisotopic (exact) mass is 235 g/mol. The van der Waals surface area contributed by atoms with Crippen molar-refractivity contribution in [3.63, 3.8) is 0 Å². The number of carbonyl (C=O) groups is 1. The quantitative estimate of drug-likeness (QED) is 0.737. The molecule has 1 heterocycles. The summed E-state index contributed by atoms with van der Waals surface area (Å²) >= 11 is 0. The highest BCUT2D eigenvalue weighted by Gasteiger charge is 2.19. The van der Waals surface area contributed by atoms with E-state index in [1.165, 1.54) is 5.56 Å². The van der Waals surface area contributed by atoms with Gasteiger partial charge in [-0.25, -0.2) is 0 Å². The lowest BCUT2D eigenvalue weighted by Gasteiger charge is -2.26. The Hall–Kier alpha value is -1.29. The Balaban J connectivity index is 1.67. The molecule has 4 heteroatoms. The van der Waals surface area contributed by atoms with Gasteiger partial charge in [-0.1, -0.05) is 0 Å². The van der Waals surface area contributed by atoms with Gasteiger partial charge in [-0.05, 0) is 43.7 Å². The van der Waals surface area contributed by atoms with E-state index < -0.39 is 0 Å². The second-order valence-corrected chi connectivity index (χ2v) is 4.90. The average molecular weight is 235 g/mol. The van der Waals surface area contributed by atoms with Crippen LogP contribution in [0.15, 0.2) is 18.5 Å². The lowest BCUT2D eigenvalue weighted by atomic mass is 9.92. The fourth-order valence-electron chi connectivity index (χ4n) is 2.34. The molecule has 0 aliphatic heterocycles. The summed E-state index contributed by atoms with van der Waals surface area (Å²) in [6.45, 7) is 0. The molecule has 1 saturated carbocycles. The van der Waals surface area contributed by atoms with E-state index in [9.17, 15) is 4.79 Å². The Morgan fingerprint density at radius 2 is 2.18 bits per heavy atom. The van der Waals surface area contributed by atoms with Gasteiger partial charge >= 0.3 is 0 Å². The third-order valence-corrected chi connectivity index (χ3v) is 3.44. The van der Waals surface area contributed by atoms with Crippen molar-refractivity contribution in [2.24, 2.45) is 5.73 Å². The van der Waals surface area contributed by atoms with E-state index >= 15 is 0 Å². The zero-order valence-corrected chi connectivity index (χ0v) is 10.1. The van der Waals surface area contributed by atoms with E-state index in [2.05, 4.69) is 10.3 Å². The number of aromatic amines is 1. The van der Waals surface area contributed by atoms with Gasteiger partial charge in [0.05, 0.1) is 0 Å². The third kappa shape index (κ3) is 3.89. The van der Waals surface area contributed by atoms with Crippen LogP contribution in [0, 0.1) is 0 Å². The molecule has 0 spiro atoms. The Morgan fingerprint density at radius 1 is 1.41 bits per heavy atom. The number of amides is 1. The molecule has 1 aromatic heterocycles. The smallest absolute Gasteiger partial charge is 0.220 e. The number of hydrogen-bond acceptors (Lipinski definition) is 2. The fraction of sp³-hybridized carbons (Fsp3) is 0.615. The van der Waals surface area contributed by atoms with Crippen LogP contribution < -0.4 is 11.1 Å². The van der Waals surface area contributed by atoms with Crippen LogP contribution in [0.2, 0.25) is 0 Å². The Morgan fingerprint density at radius 3 is 2.82 bits per heavy atom. The summed E-state index contributed by atoms with van der Waals surface area (Å²) in [7, 11) is 0. The van der Waals surface area contributed by atoms with Crippen molar-refractivity contribution in [3.8, 4) is 0 Å². The molecule has 0 bridgehead atoms. The van der Waals surface area contributed by atoms with Gasteiger partial charge in [0, 0.05) is 30.9 Å². The van der Waals surface area contributed by atoms with Gasteiger partial charge in [-0.2, -0.15) is 0 Å². The van der Waals surface area contributed by atoms with Crippen LogP contribution in [-0.2, 0) is 11.2 Å². The van der Waals surface area contributed by atoms with Crippen molar-refractivity contribution < 1.29 is 4.79 Å². The predicted molar refractivity (Wildman–Crippen MR) is 67.5 cm³/mol. The number of aromatic nitrogens is 1. The summed E-state index contributed by atoms with van der Waals surface area (Å²) in [5, 5.41) is 3.10. The zero-order chi connectivity index (χ0) is 12.1. The standard InChI is InChI=1S/C13H21N3O/c14-11-2-4-12(5-3-11)16-13(17)6-1-10-7-8-15-9-10/h7-9,11-12,15H,1-6,14H2,(H,16,17). The maximum Gasteiger partial charge on any atom is 0.220 e. The number of aryl methyl sites for hydroxylation is 1. The minimum Gasteiger partial charge on any atom is -0.367 e. The van der Waals surface area contributed by atoms with Gasteiger partial charge < -0.3 is 16.0 Å². The van der Waals surface area contributed by atoms with E-state index in [1.807, 2.05) is 18.5 Å². The molecular formula is C13H21N3O. The van der Waals surface area contributed by atoms with Crippen molar-refractivity contribution in [1.29, 1.82) is 0 Å². The molecule has 17 heavy (non-hydrogen) atoms. The van der Waals surface area contributed by atoms with Crippen molar-refractivity contribution in [2.75, 3.05) is 0 Å². The van der Waals surface area contributed by atoms with E-state index in [1.54, 1.807) is 0 Å². The van der Waals surface area contributed by atoms with Crippen LogP contribution in [0.25, 0.3) is 0 Å². The summed E-state index contributed by atoms with van der Waals surface area (Å²) in [6, 6.07) is 2.68. The highest BCUT2D eigenvalue weighted by molar-refractivity contribution is 5.76. The topological polar surface area (TPSA) is 70.9 Å². The number of H-pyrrole nitrogens is 1. The molecule has 94 valence electrons. The van der Waals surface area contributed by atoms with E-state index in [0.29, 0.717) is 18.5 Å². The zero-order valence-electron chi connectivity index (χ0n) is 10.1. The molecule has 1 aromatic rings. The summed E-state index contributed by atoms with van der Waals surface area (Å²) < 4.78 is 0. The molecule has 0 unspecified atom stereocenters. The summed E-state index contributed by atoms with van der Waals surface area (Å²) in [5.74, 6) is 0.159. The molecule has 0 radical (unpaired) electrons. The number of rotatable bonds is 4. The Bertz CT molecular complexity index is 340. The van der Waals surface area contributed by atoms with Crippen molar-refractivity contribution in [1.82, 2.24) is 10.3 Å². The minimum atomic E-state index is 0.159. The maximum absolute atomic E-state index is 11.7. The molecule has 1 fully saturated rings. The Kier molecular flexibility index (Phi) is 4.20. The summed E-state index contributed by atoms with van der Waals surface area (Å²) in [6.07, 6.45) is 9.31. The lowest BCUT2D eigenvalue weighted by Crippen LogP contribution is -2.40. The van der Waals surface area contributed by atoms with Crippen LogP contribution in [0.4, 0.5) is 0 Å². The van der Waals surface area contributed by atoms with Crippen LogP contribution in [0.3, 0.4) is 0 Å². The van der Waals surface area contributed by atoms with Crippen LogP contribution in [-0.4, -0.2) is 23.0 Å². The first-order valence-electron chi connectivity index (χ1n) is 6.40. The second-order valence-electron chi connectivity index (χ2n) is 4.90. The molecule has 1 aliphatic rings. The average Bonchev–Trinajstić information content (AvgIpc) is 2.83. The summed E-state index contributed by atoms with van der Waals surface area (Å²) in [4.78, 5) is 14.7. The number of nitrogens with one attached hydrogen (secondary N) is 2. The van der Waals surface area contributed by atoms with Gasteiger partial charge in [0.1, 0.15) is 0 Å². The molecule has 0 saturated heterocycles. The van der Waals surface area contributed by atoms with Crippen molar-refractivity contribution >= 4 is 5.91 Å². The molecule has 1 aliphatic carbocycles. The largest absolute Gasteiger partial charge is 0.367 e. The molecule has 4 nitrogen and oxygen atoms in total. The first-order chi connectivity index (χ1) is 8.24. The van der Waals surface area contributed by atoms with E-state index in [-0.39, 0.29) is 5.91 Å². The first kappa shape index (κ1) is 12.2. The summed E-state index contributed by atoms with van der Waals surface area (Å²) in [5.41, 5.74) is 7.02. The molecule has 1 amide bonds. The van der Waals surface area contributed by atoms with Gasteiger partial charge in [0.25, 0.3) is 0 Å². The normalized spacial score (nSPS) is 24.5. The predicted octanol–water partition coefficient (Wildman–Crippen LogP) is 1.33. The highest BCUT2D eigenvalue weighted by Crippen LogP contribution is 2.17. The Labute approximate surface area is 102 Å². The molecule has 0 aromatic carbocycles. The maximum atomic E-state index is 11.7. The first-order valence-corrected chi connectivity index (χ1v) is 6.40. The molecule has 0 atom stereocenters. The molecule has 4 N–H and O–H groups in total. The highest BCUT2D eigenvalue weighted by atomic mass is 16.1. The molecule has 2 rings (SSSR count). The van der Waals surface area contributed by atoms with Gasteiger partial charge in [0.2, 0.25) is 5.91 Å². The third-order valence-electron chi connectivity index (χ3n) is 3.44. The van der Waals surface area contributed by atoms with Crippen LogP contribution >= 0.6 is 0 Å². The van der Waals surface area contributed by atoms with Gasteiger partial charge in [0.15, 0.2) is 0 Å². The molecular weight excluding hydrogens is 214 g/mol. The van der Waals surface area contributed by atoms with Crippen molar-refractivity contribution in [2.45, 2.75) is 50.6 Å². The van der Waals surface area contributed by atoms with Gasteiger partial charge in [-0.15, -0.1) is 0 Å². The van der Waals surface area contributed by atoms with Crippen LogP contribution in [0.1, 0.15) is 37.7 Å². The second kappa shape index (κ2) is 5.87. The van der Waals surface area contributed by atoms with Crippen LogP contribution in [0.5, 0.6) is 0 Å².